The lowest BCUT2D eigenvalue weighted by molar-refractivity contribution is -0.118. The minimum Gasteiger partial charge on any atom is -0.467 e. The molecule has 0 aliphatic carbocycles. The van der Waals surface area contributed by atoms with E-state index >= 15 is 0 Å². The normalized spacial score (nSPS) is 11.6. The molecule has 0 atom stereocenters. The highest BCUT2D eigenvalue weighted by molar-refractivity contribution is 7.99. The molecule has 0 aliphatic rings. The van der Waals surface area contributed by atoms with Crippen molar-refractivity contribution in [3.8, 4) is 11.4 Å². The second kappa shape index (κ2) is 9.75. The summed E-state index contributed by atoms with van der Waals surface area (Å²) in [6.45, 7) is 7.62. The molecule has 1 aromatic carbocycles. The molecular formula is C24H26N4O2S2. The smallest absolute Gasteiger partial charge is 0.230 e. The first-order valence-electron chi connectivity index (χ1n) is 10.4. The molecule has 3 aromatic heterocycles. The van der Waals surface area contributed by atoms with Gasteiger partial charge in [0.25, 0.3) is 0 Å². The number of rotatable bonds is 8. The maximum Gasteiger partial charge on any atom is 0.230 e. The second-order valence-electron chi connectivity index (χ2n) is 8.44. The third kappa shape index (κ3) is 5.49. The highest BCUT2D eigenvalue weighted by atomic mass is 32.2. The minimum atomic E-state index is -0.0352. The average molecular weight is 467 g/mol. The van der Waals surface area contributed by atoms with Crippen LogP contribution in [0.5, 0.6) is 0 Å². The Labute approximate surface area is 196 Å². The van der Waals surface area contributed by atoms with Gasteiger partial charge in [0.2, 0.25) is 5.91 Å². The van der Waals surface area contributed by atoms with Crippen LogP contribution < -0.4 is 5.32 Å². The molecule has 0 saturated carbocycles. The van der Waals surface area contributed by atoms with Gasteiger partial charge in [-0.1, -0.05) is 62.9 Å². The molecule has 32 heavy (non-hydrogen) atoms. The predicted molar refractivity (Wildman–Crippen MR) is 129 cm³/mol. The Morgan fingerprint density at radius 1 is 1.12 bits per heavy atom. The van der Waals surface area contributed by atoms with Crippen molar-refractivity contribution < 1.29 is 9.21 Å². The molecule has 0 bridgehead atoms. The highest BCUT2D eigenvalue weighted by Crippen LogP contribution is 2.28. The van der Waals surface area contributed by atoms with E-state index < -0.39 is 0 Å². The van der Waals surface area contributed by atoms with Gasteiger partial charge in [-0.15, -0.1) is 21.5 Å². The van der Waals surface area contributed by atoms with Crippen LogP contribution in [0, 0.1) is 0 Å². The van der Waals surface area contributed by atoms with Crippen LogP contribution in [-0.4, -0.2) is 26.4 Å². The molecule has 166 valence electrons. The van der Waals surface area contributed by atoms with Crippen LogP contribution >= 0.6 is 23.1 Å². The summed E-state index contributed by atoms with van der Waals surface area (Å²) in [6.07, 6.45) is 1.66. The van der Waals surface area contributed by atoms with E-state index in [1.54, 1.807) is 17.6 Å². The minimum absolute atomic E-state index is 0.0352. The summed E-state index contributed by atoms with van der Waals surface area (Å²) >= 11 is 3.00. The van der Waals surface area contributed by atoms with E-state index in [1.165, 1.54) is 17.3 Å². The first kappa shape index (κ1) is 22.4. The molecule has 8 heteroatoms. The van der Waals surface area contributed by atoms with E-state index in [0.717, 1.165) is 22.0 Å². The van der Waals surface area contributed by atoms with Crippen LogP contribution in [0.1, 0.15) is 37.0 Å². The third-order valence-electron chi connectivity index (χ3n) is 4.99. The Kier molecular flexibility index (Phi) is 6.81. The van der Waals surface area contributed by atoms with E-state index in [-0.39, 0.29) is 17.1 Å². The van der Waals surface area contributed by atoms with Crippen molar-refractivity contribution >= 4 is 29.0 Å². The van der Waals surface area contributed by atoms with Crippen molar-refractivity contribution in [3.63, 3.8) is 0 Å². The summed E-state index contributed by atoms with van der Waals surface area (Å²) in [4.78, 5) is 13.5. The zero-order chi connectivity index (χ0) is 22.6. The van der Waals surface area contributed by atoms with Crippen molar-refractivity contribution in [1.29, 1.82) is 0 Å². The summed E-state index contributed by atoms with van der Waals surface area (Å²) < 4.78 is 7.56. The number of hydrogen-bond donors (Lipinski definition) is 1. The van der Waals surface area contributed by atoms with E-state index in [9.17, 15) is 4.79 Å². The number of benzene rings is 1. The number of carbonyl (C=O) groups is 1. The number of amides is 1. The lowest BCUT2D eigenvalue weighted by Crippen LogP contribution is -2.24. The van der Waals surface area contributed by atoms with Gasteiger partial charge in [0, 0.05) is 10.4 Å². The molecule has 0 spiro atoms. The van der Waals surface area contributed by atoms with Crippen molar-refractivity contribution in [2.75, 3.05) is 5.75 Å². The zero-order valence-corrected chi connectivity index (χ0v) is 20.0. The molecule has 4 aromatic rings. The topological polar surface area (TPSA) is 73.0 Å². The van der Waals surface area contributed by atoms with E-state index in [1.807, 2.05) is 34.2 Å². The van der Waals surface area contributed by atoms with Gasteiger partial charge in [-0.2, -0.15) is 0 Å². The summed E-state index contributed by atoms with van der Waals surface area (Å²) in [5.74, 6) is 1.79. The summed E-state index contributed by atoms with van der Waals surface area (Å²) in [7, 11) is 0. The molecule has 0 aliphatic heterocycles. The van der Waals surface area contributed by atoms with Gasteiger partial charge < -0.3 is 9.73 Å². The number of furan rings is 1. The largest absolute Gasteiger partial charge is 0.467 e. The van der Waals surface area contributed by atoms with Crippen LogP contribution in [0.3, 0.4) is 0 Å². The first-order valence-corrected chi connectivity index (χ1v) is 12.2. The van der Waals surface area contributed by atoms with Gasteiger partial charge in [0.1, 0.15) is 5.76 Å². The molecule has 3 heterocycles. The molecule has 1 amide bonds. The third-order valence-corrected chi connectivity index (χ3v) is 6.84. The summed E-state index contributed by atoms with van der Waals surface area (Å²) in [5.41, 5.74) is 2.32. The molecule has 1 N–H and O–H groups in total. The second-order valence-corrected chi connectivity index (χ2v) is 10.4. The van der Waals surface area contributed by atoms with E-state index in [2.05, 4.69) is 60.6 Å². The van der Waals surface area contributed by atoms with E-state index in [0.29, 0.717) is 18.2 Å². The fraction of sp³-hybridized carbons (Fsp3) is 0.292. The predicted octanol–water partition coefficient (Wildman–Crippen LogP) is 5.35. The first-order chi connectivity index (χ1) is 15.4. The van der Waals surface area contributed by atoms with Gasteiger partial charge in [0.05, 0.1) is 25.1 Å². The molecule has 4 rings (SSSR count). The summed E-state index contributed by atoms with van der Waals surface area (Å²) in [6, 6.07) is 16.2. The maximum atomic E-state index is 12.3. The van der Waals surface area contributed by atoms with Gasteiger partial charge >= 0.3 is 0 Å². The Hall–Kier alpha value is -2.84. The van der Waals surface area contributed by atoms with Gasteiger partial charge in [-0.3, -0.25) is 9.36 Å². The molecule has 0 fully saturated rings. The van der Waals surface area contributed by atoms with Gasteiger partial charge in [-0.05, 0) is 34.6 Å². The number of thiophene rings is 1. The molecule has 6 nitrogen and oxygen atoms in total. The van der Waals surface area contributed by atoms with Crippen LogP contribution in [-0.2, 0) is 23.3 Å². The van der Waals surface area contributed by atoms with Crippen LogP contribution in [0.25, 0.3) is 11.4 Å². The number of nitrogens with zero attached hydrogens (tertiary/aromatic N) is 3. The number of carbonyl (C=O) groups excluding carboxylic acids is 1. The fourth-order valence-electron chi connectivity index (χ4n) is 3.21. The van der Waals surface area contributed by atoms with Crippen molar-refractivity contribution in [1.82, 2.24) is 20.1 Å². The Morgan fingerprint density at radius 3 is 2.59 bits per heavy atom. The van der Waals surface area contributed by atoms with Crippen molar-refractivity contribution in [2.45, 2.75) is 44.4 Å². The SMILES string of the molecule is CC(C)(C)c1ccc(-c2nnc(SCC(=O)NCc3cccs3)n2Cc2ccco2)cc1. The average Bonchev–Trinajstić information content (AvgIpc) is 3.53. The fourth-order valence-corrected chi connectivity index (χ4v) is 4.62. The quantitative estimate of drug-likeness (QED) is 0.354. The molecule has 0 unspecified atom stereocenters. The lowest BCUT2D eigenvalue weighted by atomic mass is 9.87. The molecular weight excluding hydrogens is 440 g/mol. The Balaban J connectivity index is 1.52. The maximum absolute atomic E-state index is 12.3. The standard InChI is InChI=1S/C24H26N4O2S2/c1-24(2,3)18-10-8-17(9-11-18)22-26-27-23(28(22)15-19-6-4-12-30-19)32-16-21(29)25-14-20-7-5-13-31-20/h4-13H,14-16H2,1-3H3,(H,25,29). The number of thioether (sulfide) groups is 1. The van der Waals surface area contributed by atoms with E-state index in [4.69, 9.17) is 4.42 Å². The highest BCUT2D eigenvalue weighted by Gasteiger charge is 2.18. The van der Waals surface area contributed by atoms with Crippen LogP contribution in [0.4, 0.5) is 0 Å². The number of aromatic nitrogens is 3. The number of hydrogen-bond acceptors (Lipinski definition) is 6. The Bertz CT molecular complexity index is 1140. The lowest BCUT2D eigenvalue weighted by Gasteiger charge is -2.19. The Morgan fingerprint density at radius 2 is 1.94 bits per heavy atom. The van der Waals surface area contributed by atoms with Crippen LogP contribution in [0.2, 0.25) is 0 Å². The van der Waals surface area contributed by atoms with Crippen LogP contribution in [0.15, 0.2) is 69.7 Å². The van der Waals surface area contributed by atoms with Gasteiger partial charge in [-0.25, -0.2) is 0 Å². The summed E-state index contributed by atoms with van der Waals surface area (Å²) in [5, 5.41) is 14.5. The number of nitrogens with one attached hydrogen (secondary N) is 1. The zero-order valence-electron chi connectivity index (χ0n) is 18.4. The van der Waals surface area contributed by atoms with Gasteiger partial charge in [0.15, 0.2) is 11.0 Å². The van der Waals surface area contributed by atoms with Crippen molar-refractivity contribution in [3.05, 3.63) is 76.4 Å². The monoisotopic (exact) mass is 466 g/mol. The molecule has 0 radical (unpaired) electrons. The van der Waals surface area contributed by atoms with Crippen molar-refractivity contribution in [2.24, 2.45) is 0 Å². The molecule has 0 saturated heterocycles.